The third-order valence-corrected chi connectivity index (χ3v) is 2.80. The van der Waals surface area contributed by atoms with Gasteiger partial charge in [0.15, 0.2) is 0 Å². The van der Waals surface area contributed by atoms with Crippen LogP contribution in [0.2, 0.25) is 0 Å². The van der Waals surface area contributed by atoms with Crippen LogP contribution in [-0.2, 0) is 0 Å². The Hall–Kier alpha value is -1.67. The fraction of sp³-hybridized carbons (Fsp3) is 0.545. The predicted octanol–water partition coefficient (Wildman–Crippen LogP) is 0.876. The number of nitrogens with zero attached hydrogens (tertiary/aromatic N) is 4. The van der Waals surface area contributed by atoms with Gasteiger partial charge in [0, 0.05) is 31.5 Å². The van der Waals surface area contributed by atoms with Crippen molar-refractivity contribution >= 4 is 5.82 Å². The van der Waals surface area contributed by atoms with Gasteiger partial charge < -0.3 is 5.32 Å². The number of nitriles is 1. The number of rotatable bonds is 3. The van der Waals surface area contributed by atoms with Crippen molar-refractivity contribution in [2.24, 2.45) is 0 Å². The molecule has 84 valence electrons. The minimum atomic E-state index is 0.451. The van der Waals surface area contributed by atoms with E-state index in [9.17, 15) is 0 Å². The average molecular weight is 217 g/mol. The fourth-order valence-corrected chi connectivity index (χ4v) is 1.92. The van der Waals surface area contributed by atoms with E-state index in [-0.39, 0.29) is 0 Å². The Labute approximate surface area is 95.1 Å². The summed E-state index contributed by atoms with van der Waals surface area (Å²) >= 11 is 0. The predicted molar refractivity (Wildman–Crippen MR) is 60.7 cm³/mol. The van der Waals surface area contributed by atoms with Crippen LogP contribution in [0.15, 0.2) is 18.6 Å². The van der Waals surface area contributed by atoms with Gasteiger partial charge in [0.2, 0.25) is 0 Å². The summed E-state index contributed by atoms with van der Waals surface area (Å²) < 4.78 is 0. The van der Waals surface area contributed by atoms with Crippen LogP contribution in [0, 0.1) is 11.3 Å². The summed E-state index contributed by atoms with van der Waals surface area (Å²) in [4.78, 5) is 10.4. The summed E-state index contributed by atoms with van der Waals surface area (Å²) in [5.74, 6) is 0.834. The maximum atomic E-state index is 8.59. The Balaban J connectivity index is 1.80. The molecule has 0 atom stereocenters. The van der Waals surface area contributed by atoms with Crippen LogP contribution in [0.3, 0.4) is 0 Å². The normalized spacial score (nSPS) is 17.9. The second-order valence-electron chi connectivity index (χ2n) is 3.94. The highest BCUT2D eigenvalue weighted by molar-refractivity contribution is 5.31. The lowest BCUT2D eigenvalue weighted by atomic mass is 10.1. The van der Waals surface area contributed by atoms with E-state index < -0.39 is 0 Å². The zero-order valence-corrected chi connectivity index (χ0v) is 9.13. The van der Waals surface area contributed by atoms with E-state index in [0.717, 1.165) is 31.7 Å². The number of hydrogen-bond donors (Lipinski definition) is 1. The van der Waals surface area contributed by atoms with Gasteiger partial charge in [0.1, 0.15) is 5.82 Å². The highest BCUT2D eigenvalue weighted by atomic mass is 15.1. The SMILES string of the molecule is N#CCN1CCC(Nc2cnccn2)CC1. The molecule has 1 aromatic rings. The first-order valence-corrected chi connectivity index (χ1v) is 5.50. The quantitative estimate of drug-likeness (QED) is 0.761. The van der Waals surface area contributed by atoms with Crippen LogP contribution in [0.5, 0.6) is 0 Å². The first-order chi connectivity index (χ1) is 7.88. The monoisotopic (exact) mass is 217 g/mol. The highest BCUT2D eigenvalue weighted by Crippen LogP contribution is 2.13. The van der Waals surface area contributed by atoms with Crippen LogP contribution in [0.4, 0.5) is 5.82 Å². The van der Waals surface area contributed by atoms with Crippen LogP contribution < -0.4 is 5.32 Å². The molecular weight excluding hydrogens is 202 g/mol. The van der Waals surface area contributed by atoms with Crippen LogP contribution >= 0.6 is 0 Å². The van der Waals surface area contributed by atoms with Gasteiger partial charge in [-0.2, -0.15) is 5.26 Å². The summed E-state index contributed by atoms with van der Waals surface area (Å²) in [6.45, 7) is 2.49. The highest BCUT2D eigenvalue weighted by Gasteiger charge is 2.18. The van der Waals surface area contributed by atoms with Gasteiger partial charge in [0.25, 0.3) is 0 Å². The van der Waals surface area contributed by atoms with Gasteiger partial charge in [-0.15, -0.1) is 0 Å². The molecule has 0 spiro atoms. The summed E-state index contributed by atoms with van der Waals surface area (Å²) in [5, 5.41) is 12.0. The molecule has 1 saturated heterocycles. The minimum Gasteiger partial charge on any atom is -0.366 e. The summed E-state index contributed by atoms with van der Waals surface area (Å²) in [5.41, 5.74) is 0. The Bertz CT molecular complexity index is 350. The van der Waals surface area contributed by atoms with Crippen molar-refractivity contribution in [2.75, 3.05) is 25.0 Å². The maximum Gasteiger partial charge on any atom is 0.144 e. The fourth-order valence-electron chi connectivity index (χ4n) is 1.92. The lowest BCUT2D eigenvalue weighted by Gasteiger charge is -2.30. The smallest absolute Gasteiger partial charge is 0.144 e. The third kappa shape index (κ3) is 2.91. The summed E-state index contributed by atoms with van der Waals surface area (Å²) in [6.07, 6.45) is 7.20. The summed E-state index contributed by atoms with van der Waals surface area (Å²) in [6, 6.07) is 2.64. The number of anilines is 1. The zero-order chi connectivity index (χ0) is 11.2. The van der Waals surface area contributed by atoms with E-state index in [2.05, 4.69) is 26.3 Å². The molecule has 0 amide bonds. The number of aromatic nitrogens is 2. The molecule has 1 aliphatic rings. The molecule has 1 aliphatic heterocycles. The van der Waals surface area contributed by atoms with Crippen LogP contribution in [0.25, 0.3) is 0 Å². The Morgan fingerprint density at radius 2 is 2.25 bits per heavy atom. The molecule has 0 aromatic carbocycles. The van der Waals surface area contributed by atoms with Gasteiger partial charge in [-0.25, -0.2) is 4.98 Å². The molecular formula is C11H15N5. The standard InChI is InChI=1S/C11H15N5/c12-3-8-16-6-1-10(2-7-16)15-11-9-13-4-5-14-11/h4-5,9-10H,1-2,6-8H2,(H,14,15). The molecule has 2 heterocycles. The van der Waals surface area contributed by atoms with Gasteiger partial charge in [-0.3, -0.25) is 9.88 Å². The summed E-state index contributed by atoms with van der Waals surface area (Å²) in [7, 11) is 0. The van der Waals surface area contributed by atoms with Crippen molar-refractivity contribution in [1.82, 2.24) is 14.9 Å². The Morgan fingerprint density at radius 3 is 2.88 bits per heavy atom. The van der Waals surface area contributed by atoms with Crippen molar-refractivity contribution in [3.05, 3.63) is 18.6 Å². The molecule has 1 fully saturated rings. The molecule has 0 bridgehead atoms. The second-order valence-corrected chi connectivity index (χ2v) is 3.94. The topological polar surface area (TPSA) is 64.8 Å². The van der Waals surface area contributed by atoms with E-state index in [4.69, 9.17) is 5.26 Å². The van der Waals surface area contributed by atoms with Crippen molar-refractivity contribution < 1.29 is 0 Å². The Morgan fingerprint density at radius 1 is 1.44 bits per heavy atom. The minimum absolute atomic E-state index is 0.451. The maximum absolute atomic E-state index is 8.59. The molecule has 1 N–H and O–H groups in total. The third-order valence-electron chi connectivity index (χ3n) is 2.80. The van der Waals surface area contributed by atoms with Gasteiger partial charge in [0.05, 0.1) is 18.8 Å². The molecule has 2 rings (SSSR count). The number of piperidine rings is 1. The van der Waals surface area contributed by atoms with Crippen molar-refractivity contribution in [3.63, 3.8) is 0 Å². The number of nitrogens with one attached hydrogen (secondary N) is 1. The van der Waals surface area contributed by atoms with Gasteiger partial charge in [-0.1, -0.05) is 0 Å². The molecule has 0 unspecified atom stereocenters. The van der Waals surface area contributed by atoms with Crippen molar-refractivity contribution in [2.45, 2.75) is 18.9 Å². The molecule has 0 aliphatic carbocycles. The van der Waals surface area contributed by atoms with E-state index in [1.165, 1.54) is 0 Å². The molecule has 5 nitrogen and oxygen atoms in total. The lowest BCUT2D eigenvalue weighted by Crippen LogP contribution is -2.39. The van der Waals surface area contributed by atoms with E-state index in [1.807, 2.05) is 0 Å². The van der Waals surface area contributed by atoms with E-state index in [1.54, 1.807) is 18.6 Å². The first-order valence-electron chi connectivity index (χ1n) is 5.50. The van der Waals surface area contributed by atoms with Crippen molar-refractivity contribution in [3.8, 4) is 6.07 Å². The van der Waals surface area contributed by atoms with Crippen molar-refractivity contribution in [1.29, 1.82) is 5.26 Å². The number of likely N-dealkylation sites (tertiary alicyclic amines) is 1. The van der Waals surface area contributed by atoms with Gasteiger partial charge >= 0.3 is 0 Å². The average Bonchev–Trinajstić information content (AvgIpc) is 2.33. The largest absolute Gasteiger partial charge is 0.366 e. The van der Waals surface area contributed by atoms with Crippen LogP contribution in [0.1, 0.15) is 12.8 Å². The Kier molecular flexibility index (Phi) is 3.67. The van der Waals surface area contributed by atoms with Gasteiger partial charge in [-0.05, 0) is 12.8 Å². The van der Waals surface area contributed by atoms with E-state index >= 15 is 0 Å². The molecule has 0 saturated carbocycles. The zero-order valence-electron chi connectivity index (χ0n) is 9.13. The first kappa shape index (κ1) is 10.8. The second kappa shape index (κ2) is 5.42. The number of hydrogen-bond acceptors (Lipinski definition) is 5. The van der Waals surface area contributed by atoms with Crippen LogP contribution in [-0.4, -0.2) is 40.5 Å². The van der Waals surface area contributed by atoms with E-state index in [0.29, 0.717) is 12.6 Å². The molecule has 1 aromatic heterocycles. The molecule has 0 radical (unpaired) electrons. The lowest BCUT2D eigenvalue weighted by molar-refractivity contribution is 0.242. The molecule has 16 heavy (non-hydrogen) atoms. The molecule has 5 heteroatoms.